The molecule has 1 amide bonds. The van der Waals surface area contributed by atoms with Crippen molar-refractivity contribution in [2.45, 2.75) is 19.8 Å². The maximum atomic E-state index is 12.3. The third-order valence-corrected chi connectivity index (χ3v) is 3.55. The van der Waals surface area contributed by atoms with Gasteiger partial charge in [0.05, 0.1) is 23.1 Å². The predicted molar refractivity (Wildman–Crippen MR) is 88.9 cm³/mol. The van der Waals surface area contributed by atoms with Gasteiger partial charge in [-0.15, -0.1) is 0 Å². The van der Waals surface area contributed by atoms with Crippen LogP contribution in [0.1, 0.15) is 35.8 Å². The molecule has 118 valence electrons. The summed E-state index contributed by atoms with van der Waals surface area (Å²) in [7, 11) is 1.85. The van der Waals surface area contributed by atoms with Crippen molar-refractivity contribution in [2.24, 2.45) is 0 Å². The van der Waals surface area contributed by atoms with Gasteiger partial charge in [-0.3, -0.25) is 4.79 Å². The number of hydrogen-bond donors (Lipinski definition) is 2. The molecule has 0 spiro atoms. The molecule has 22 heavy (non-hydrogen) atoms. The van der Waals surface area contributed by atoms with Crippen LogP contribution in [0.5, 0.6) is 0 Å². The maximum absolute atomic E-state index is 12.3. The molecule has 1 heterocycles. The Morgan fingerprint density at radius 3 is 2.77 bits per heavy atom. The summed E-state index contributed by atoms with van der Waals surface area (Å²) in [5.41, 5.74) is 2.33. The first kappa shape index (κ1) is 16.5. The number of hydrogen-bond acceptors (Lipinski definition) is 3. The molecule has 0 bridgehead atoms. The van der Waals surface area contributed by atoms with E-state index in [1.54, 1.807) is 10.9 Å². The first-order chi connectivity index (χ1) is 10.5. The fourth-order valence-corrected chi connectivity index (χ4v) is 2.48. The average molecular weight is 321 g/mol. The average Bonchev–Trinajstić information content (AvgIpc) is 2.92. The summed E-state index contributed by atoms with van der Waals surface area (Å²) in [5.74, 6) is 0.0544. The Balaban J connectivity index is 2.35. The van der Waals surface area contributed by atoms with Gasteiger partial charge >= 0.3 is 0 Å². The fourth-order valence-electron chi connectivity index (χ4n) is 2.30. The molecule has 5 nitrogen and oxygen atoms in total. The Morgan fingerprint density at radius 2 is 2.14 bits per heavy atom. The van der Waals surface area contributed by atoms with E-state index in [0.717, 1.165) is 17.9 Å². The van der Waals surface area contributed by atoms with E-state index < -0.39 is 0 Å². The third-order valence-electron chi connectivity index (χ3n) is 3.31. The summed E-state index contributed by atoms with van der Waals surface area (Å²) in [6, 6.07) is 7.45. The number of rotatable bonds is 6. The Morgan fingerprint density at radius 1 is 1.36 bits per heavy atom. The highest BCUT2D eigenvalue weighted by Crippen LogP contribution is 2.24. The van der Waals surface area contributed by atoms with E-state index in [-0.39, 0.29) is 11.8 Å². The van der Waals surface area contributed by atoms with Crippen molar-refractivity contribution in [2.75, 3.05) is 20.1 Å². The molecule has 6 heteroatoms. The van der Waals surface area contributed by atoms with E-state index in [0.29, 0.717) is 17.1 Å². The topological polar surface area (TPSA) is 58.9 Å². The smallest absolute Gasteiger partial charge is 0.254 e. The van der Waals surface area contributed by atoms with Crippen molar-refractivity contribution < 1.29 is 4.79 Å². The van der Waals surface area contributed by atoms with Crippen LogP contribution in [-0.4, -0.2) is 35.8 Å². The van der Waals surface area contributed by atoms with Gasteiger partial charge in [0, 0.05) is 18.1 Å². The molecular weight excluding hydrogens is 300 g/mol. The van der Waals surface area contributed by atoms with Crippen molar-refractivity contribution in [3.63, 3.8) is 0 Å². The van der Waals surface area contributed by atoms with Gasteiger partial charge in [0.1, 0.15) is 0 Å². The van der Waals surface area contributed by atoms with Crippen molar-refractivity contribution >= 4 is 17.5 Å². The van der Waals surface area contributed by atoms with E-state index in [1.165, 1.54) is 0 Å². The van der Waals surface area contributed by atoms with Crippen molar-refractivity contribution in [1.29, 1.82) is 0 Å². The lowest BCUT2D eigenvalue weighted by Crippen LogP contribution is -2.31. The van der Waals surface area contributed by atoms with Crippen molar-refractivity contribution in [3.05, 3.63) is 46.7 Å². The molecule has 0 radical (unpaired) electrons. The minimum absolute atomic E-state index is 0.104. The highest BCUT2D eigenvalue weighted by molar-refractivity contribution is 6.30. The van der Waals surface area contributed by atoms with Gasteiger partial charge in [-0.1, -0.05) is 31.5 Å². The lowest BCUT2D eigenvalue weighted by Gasteiger charge is -2.13. The monoisotopic (exact) mass is 320 g/mol. The lowest BCUT2D eigenvalue weighted by atomic mass is 10.1. The van der Waals surface area contributed by atoms with E-state index in [9.17, 15) is 4.79 Å². The molecule has 0 aliphatic rings. The highest BCUT2D eigenvalue weighted by atomic mass is 35.5. The van der Waals surface area contributed by atoms with Crippen LogP contribution in [-0.2, 0) is 0 Å². The van der Waals surface area contributed by atoms with Crippen LogP contribution < -0.4 is 10.6 Å². The summed E-state index contributed by atoms with van der Waals surface area (Å²) in [5, 5.41) is 10.9. The minimum atomic E-state index is -0.104. The minimum Gasteiger partial charge on any atom is -0.351 e. The van der Waals surface area contributed by atoms with Crippen LogP contribution in [0, 0.1) is 0 Å². The second-order valence-electron chi connectivity index (χ2n) is 5.35. The molecule has 1 aromatic heterocycles. The second kappa shape index (κ2) is 7.42. The quantitative estimate of drug-likeness (QED) is 0.804. The molecular formula is C16H21ClN4O. The molecule has 0 fully saturated rings. The molecule has 0 atom stereocenters. The van der Waals surface area contributed by atoms with E-state index in [1.807, 2.05) is 45.2 Å². The van der Waals surface area contributed by atoms with Gasteiger partial charge in [-0.05, 0) is 31.2 Å². The molecule has 1 aromatic carbocycles. The molecule has 0 saturated carbocycles. The van der Waals surface area contributed by atoms with Gasteiger partial charge < -0.3 is 10.6 Å². The van der Waals surface area contributed by atoms with Gasteiger partial charge in [0.15, 0.2) is 0 Å². The number of carbonyl (C=O) groups is 1. The summed E-state index contributed by atoms with van der Waals surface area (Å²) < 4.78 is 1.78. The van der Waals surface area contributed by atoms with Crippen LogP contribution in [0.2, 0.25) is 5.02 Å². The zero-order valence-electron chi connectivity index (χ0n) is 13.1. The molecule has 2 N–H and O–H groups in total. The largest absolute Gasteiger partial charge is 0.351 e. The van der Waals surface area contributed by atoms with Gasteiger partial charge in [0.2, 0.25) is 0 Å². The lowest BCUT2D eigenvalue weighted by molar-refractivity contribution is 0.0953. The molecule has 2 aromatic rings. The van der Waals surface area contributed by atoms with Gasteiger partial charge in [-0.25, -0.2) is 4.68 Å². The number of likely N-dealkylation sites (N-methyl/N-ethyl adjacent to an activating group) is 1. The maximum Gasteiger partial charge on any atom is 0.254 e. The summed E-state index contributed by atoms with van der Waals surface area (Å²) in [4.78, 5) is 12.3. The number of amides is 1. The van der Waals surface area contributed by atoms with Crippen LogP contribution in [0.25, 0.3) is 5.69 Å². The summed E-state index contributed by atoms with van der Waals surface area (Å²) in [6.07, 6.45) is 1.62. The summed E-state index contributed by atoms with van der Waals surface area (Å²) in [6.45, 7) is 5.39. The number of nitrogens with one attached hydrogen (secondary N) is 2. The van der Waals surface area contributed by atoms with Crippen molar-refractivity contribution in [1.82, 2.24) is 20.4 Å². The van der Waals surface area contributed by atoms with Gasteiger partial charge in [-0.2, -0.15) is 5.10 Å². The molecule has 0 aliphatic carbocycles. The number of aromatic nitrogens is 2. The SMILES string of the molecule is CNCCNC(=O)c1cnn(-c2cccc(Cl)c2)c1C(C)C. The Hall–Kier alpha value is -1.85. The Kier molecular flexibility index (Phi) is 5.57. The normalized spacial score (nSPS) is 11.0. The highest BCUT2D eigenvalue weighted by Gasteiger charge is 2.20. The van der Waals surface area contributed by atoms with Crippen LogP contribution in [0.4, 0.5) is 0 Å². The van der Waals surface area contributed by atoms with Gasteiger partial charge in [0.25, 0.3) is 5.91 Å². The fraction of sp³-hybridized carbons (Fsp3) is 0.375. The Bertz CT molecular complexity index is 651. The van der Waals surface area contributed by atoms with Crippen LogP contribution in [0.15, 0.2) is 30.5 Å². The second-order valence-corrected chi connectivity index (χ2v) is 5.79. The molecule has 2 rings (SSSR count). The van der Waals surface area contributed by atoms with E-state index in [2.05, 4.69) is 15.7 Å². The van der Waals surface area contributed by atoms with Crippen molar-refractivity contribution in [3.8, 4) is 5.69 Å². The first-order valence-electron chi connectivity index (χ1n) is 7.31. The van der Waals surface area contributed by atoms with Crippen LogP contribution >= 0.6 is 11.6 Å². The zero-order chi connectivity index (χ0) is 16.1. The van der Waals surface area contributed by atoms with Crippen LogP contribution in [0.3, 0.4) is 0 Å². The predicted octanol–water partition coefficient (Wildman–Crippen LogP) is 2.60. The molecule has 0 unspecified atom stereocenters. The zero-order valence-corrected chi connectivity index (χ0v) is 13.8. The third kappa shape index (κ3) is 3.67. The molecule has 0 saturated heterocycles. The summed E-state index contributed by atoms with van der Waals surface area (Å²) >= 11 is 6.05. The number of nitrogens with zero attached hydrogens (tertiary/aromatic N) is 2. The first-order valence-corrected chi connectivity index (χ1v) is 7.69. The number of benzene rings is 1. The van der Waals surface area contributed by atoms with E-state index >= 15 is 0 Å². The molecule has 0 aliphatic heterocycles. The number of halogens is 1. The Labute approximate surface area is 135 Å². The number of carbonyl (C=O) groups excluding carboxylic acids is 1. The standard InChI is InChI=1S/C16H21ClN4O/c1-11(2)15-14(16(22)19-8-7-18-3)10-20-21(15)13-6-4-5-12(17)9-13/h4-6,9-11,18H,7-8H2,1-3H3,(H,19,22). The van der Waals surface area contributed by atoms with E-state index in [4.69, 9.17) is 11.6 Å².